The Labute approximate surface area is 161 Å². The topological polar surface area (TPSA) is 72.2 Å². The molecule has 1 heterocycles. The second kappa shape index (κ2) is 8.47. The van der Waals surface area contributed by atoms with Gasteiger partial charge in [0.05, 0.1) is 18.7 Å². The summed E-state index contributed by atoms with van der Waals surface area (Å²) < 4.78 is 1.59. The third-order valence-corrected chi connectivity index (χ3v) is 4.19. The molecule has 136 valence electrons. The largest absolute Gasteiger partial charge is 0.481 e. The van der Waals surface area contributed by atoms with E-state index in [1.165, 1.54) is 6.08 Å². The first-order valence-corrected chi connectivity index (χ1v) is 8.73. The van der Waals surface area contributed by atoms with Crippen molar-refractivity contribution < 1.29 is 14.7 Å². The Hall–Kier alpha value is -3.18. The van der Waals surface area contributed by atoms with Crippen molar-refractivity contribution >= 4 is 29.4 Å². The molecule has 0 radical (unpaired) electrons. The molecule has 1 N–H and O–H groups in total. The van der Waals surface area contributed by atoms with E-state index in [9.17, 15) is 9.59 Å². The number of rotatable bonds is 7. The first kappa shape index (κ1) is 18.6. The van der Waals surface area contributed by atoms with Gasteiger partial charge in [-0.05, 0) is 36.4 Å². The van der Waals surface area contributed by atoms with Crippen LogP contribution in [0.1, 0.15) is 22.3 Å². The SMILES string of the molecule is O=C(O)CCn1cc(C=CC(=O)c2ccc(Cl)cc2)c(-c2ccccc2)n1. The molecular weight excluding hydrogens is 364 g/mol. The molecule has 5 nitrogen and oxygen atoms in total. The van der Waals surface area contributed by atoms with E-state index in [4.69, 9.17) is 16.7 Å². The first-order valence-electron chi connectivity index (χ1n) is 8.35. The molecule has 0 saturated heterocycles. The zero-order chi connectivity index (χ0) is 19.2. The van der Waals surface area contributed by atoms with Crippen LogP contribution in [0.2, 0.25) is 5.02 Å². The number of hydrogen-bond acceptors (Lipinski definition) is 3. The summed E-state index contributed by atoms with van der Waals surface area (Å²) in [6.07, 6.45) is 4.90. The molecule has 0 unspecified atom stereocenters. The summed E-state index contributed by atoms with van der Waals surface area (Å²) in [4.78, 5) is 23.2. The number of nitrogens with zero attached hydrogens (tertiary/aromatic N) is 2. The number of aliphatic carboxylic acids is 1. The average molecular weight is 381 g/mol. The van der Waals surface area contributed by atoms with E-state index in [-0.39, 0.29) is 18.7 Å². The fraction of sp³-hybridized carbons (Fsp3) is 0.0952. The molecule has 6 heteroatoms. The number of carboxylic acid groups (broad SMARTS) is 1. The van der Waals surface area contributed by atoms with Crippen molar-refractivity contribution in [2.24, 2.45) is 0 Å². The van der Waals surface area contributed by atoms with Crippen molar-refractivity contribution in [3.8, 4) is 11.3 Å². The monoisotopic (exact) mass is 380 g/mol. The van der Waals surface area contributed by atoms with Crippen molar-refractivity contribution in [3.05, 3.63) is 83.0 Å². The number of aromatic nitrogens is 2. The third-order valence-electron chi connectivity index (χ3n) is 3.93. The Morgan fingerprint density at radius 2 is 1.78 bits per heavy atom. The number of carbonyl (C=O) groups excluding carboxylic acids is 1. The van der Waals surface area contributed by atoms with Gasteiger partial charge in [0, 0.05) is 27.9 Å². The predicted molar refractivity (Wildman–Crippen MR) is 105 cm³/mol. The molecule has 0 atom stereocenters. The van der Waals surface area contributed by atoms with Gasteiger partial charge in [-0.15, -0.1) is 0 Å². The van der Waals surface area contributed by atoms with Crippen molar-refractivity contribution in [2.45, 2.75) is 13.0 Å². The molecule has 0 fully saturated rings. The van der Waals surface area contributed by atoms with Gasteiger partial charge in [0.15, 0.2) is 5.78 Å². The molecule has 0 aliphatic carbocycles. The molecule has 2 aromatic carbocycles. The van der Waals surface area contributed by atoms with Gasteiger partial charge in [-0.3, -0.25) is 14.3 Å². The quantitative estimate of drug-likeness (QED) is 0.481. The standard InChI is InChI=1S/C21H17ClN2O3/c22-18-9-6-15(7-10-18)19(25)11-8-17-14-24(13-12-20(26)27)23-21(17)16-4-2-1-3-5-16/h1-11,14H,12-13H2,(H,26,27). The summed E-state index contributed by atoms with van der Waals surface area (Å²) in [6.45, 7) is 0.258. The van der Waals surface area contributed by atoms with Crippen LogP contribution in [0.5, 0.6) is 0 Å². The summed E-state index contributed by atoms with van der Waals surface area (Å²) in [6, 6.07) is 16.2. The Kier molecular flexibility index (Phi) is 5.84. The third kappa shape index (κ3) is 4.92. The highest BCUT2D eigenvalue weighted by Crippen LogP contribution is 2.23. The summed E-state index contributed by atoms with van der Waals surface area (Å²) in [5.74, 6) is -1.04. The van der Waals surface area contributed by atoms with Crippen LogP contribution in [-0.2, 0) is 11.3 Å². The van der Waals surface area contributed by atoms with Gasteiger partial charge < -0.3 is 5.11 Å². The van der Waals surface area contributed by atoms with Crippen LogP contribution in [0.4, 0.5) is 0 Å². The fourth-order valence-corrected chi connectivity index (χ4v) is 2.71. The molecule has 0 aliphatic rings. The minimum atomic E-state index is -0.887. The van der Waals surface area contributed by atoms with Crippen molar-refractivity contribution in [1.82, 2.24) is 9.78 Å². The van der Waals surface area contributed by atoms with Crippen LogP contribution in [0.25, 0.3) is 17.3 Å². The van der Waals surface area contributed by atoms with Gasteiger partial charge in [-0.25, -0.2) is 0 Å². The van der Waals surface area contributed by atoms with Crippen LogP contribution in [-0.4, -0.2) is 26.6 Å². The molecular formula is C21H17ClN2O3. The zero-order valence-electron chi connectivity index (χ0n) is 14.4. The van der Waals surface area contributed by atoms with Gasteiger partial charge in [-0.1, -0.05) is 41.9 Å². The lowest BCUT2D eigenvalue weighted by Gasteiger charge is -1.99. The molecule has 0 saturated carbocycles. The Bertz CT molecular complexity index is 976. The van der Waals surface area contributed by atoms with E-state index >= 15 is 0 Å². The Morgan fingerprint density at radius 3 is 2.44 bits per heavy atom. The molecule has 27 heavy (non-hydrogen) atoms. The second-order valence-electron chi connectivity index (χ2n) is 5.91. The van der Waals surface area contributed by atoms with Crippen LogP contribution in [0, 0.1) is 0 Å². The van der Waals surface area contributed by atoms with E-state index in [2.05, 4.69) is 5.10 Å². The molecule has 0 bridgehead atoms. The van der Waals surface area contributed by atoms with Crippen molar-refractivity contribution in [2.75, 3.05) is 0 Å². The lowest BCUT2D eigenvalue weighted by atomic mass is 10.1. The summed E-state index contributed by atoms with van der Waals surface area (Å²) in [5, 5.41) is 13.9. The zero-order valence-corrected chi connectivity index (χ0v) is 15.1. The van der Waals surface area contributed by atoms with E-state index in [0.717, 1.165) is 11.1 Å². The van der Waals surface area contributed by atoms with Gasteiger partial charge in [0.25, 0.3) is 0 Å². The van der Waals surface area contributed by atoms with Crippen LogP contribution < -0.4 is 0 Å². The smallest absolute Gasteiger partial charge is 0.305 e. The molecule has 1 aromatic heterocycles. The number of halogens is 1. The molecule has 0 aliphatic heterocycles. The first-order chi connectivity index (χ1) is 13.0. The number of benzene rings is 2. The van der Waals surface area contributed by atoms with Gasteiger partial charge in [0.2, 0.25) is 0 Å². The lowest BCUT2D eigenvalue weighted by Crippen LogP contribution is -2.04. The number of hydrogen-bond donors (Lipinski definition) is 1. The van der Waals surface area contributed by atoms with Crippen LogP contribution in [0.3, 0.4) is 0 Å². The maximum atomic E-state index is 12.4. The van der Waals surface area contributed by atoms with Gasteiger partial charge >= 0.3 is 5.97 Å². The highest BCUT2D eigenvalue weighted by Gasteiger charge is 2.11. The summed E-state index contributed by atoms with van der Waals surface area (Å²) in [7, 11) is 0. The second-order valence-corrected chi connectivity index (χ2v) is 6.35. The number of ketones is 1. The Morgan fingerprint density at radius 1 is 1.07 bits per heavy atom. The lowest BCUT2D eigenvalue weighted by molar-refractivity contribution is -0.137. The predicted octanol–water partition coefficient (Wildman–Crippen LogP) is 4.57. The van der Waals surface area contributed by atoms with Crippen molar-refractivity contribution in [1.29, 1.82) is 0 Å². The van der Waals surface area contributed by atoms with E-state index in [1.807, 2.05) is 30.3 Å². The minimum absolute atomic E-state index is 0.0250. The molecule has 0 amide bonds. The number of carboxylic acids is 1. The maximum Gasteiger partial charge on any atom is 0.305 e. The van der Waals surface area contributed by atoms with Crippen molar-refractivity contribution in [3.63, 3.8) is 0 Å². The van der Waals surface area contributed by atoms with E-state index in [1.54, 1.807) is 41.2 Å². The average Bonchev–Trinajstić information content (AvgIpc) is 3.09. The molecule has 3 aromatic rings. The fourth-order valence-electron chi connectivity index (χ4n) is 2.58. The van der Waals surface area contributed by atoms with Crippen LogP contribution >= 0.6 is 11.6 Å². The normalized spacial score (nSPS) is 11.0. The van der Waals surface area contributed by atoms with E-state index < -0.39 is 5.97 Å². The van der Waals surface area contributed by atoms with Crippen LogP contribution in [0.15, 0.2) is 66.9 Å². The number of allylic oxidation sites excluding steroid dienone is 1. The highest BCUT2D eigenvalue weighted by molar-refractivity contribution is 6.30. The molecule has 3 rings (SSSR count). The molecule has 0 spiro atoms. The van der Waals surface area contributed by atoms with Gasteiger partial charge in [-0.2, -0.15) is 5.10 Å². The summed E-state index contributed by atoms with van der Waals surface area (Å²) in [5.41, 5.74) is 2.87. The number of aryl methyl sites for hydroxylation is 1. The Balaban J connectivity index is 1.89. The summed E-state index contributed by atoms with van der Waals surface area (Å²) >= 11 is 5.85. The number of carbonyl (C=O) groups is 2. The highest BCUT2D eigenvalue weighted by atomic mass is 35.5. The minimum Gasteiger partial charge on any atom is -0.481 e. The van der Waals surface area contributed by atoms with E-state index in [0.29, 0.717) is 16.3 Å². The maximum absolute atomic E-state index is 12.4. The van der Waals surface area contributed by atoms with Gasteiger partial charge in [0.1, 0.15) is 0 Å².